The molecule has 0 aromatic heterocycles. The molecule has 0 unspecified atom stereocenters. The first kappa shape index (κ1) is 7.18. The van der Waals surface area contributed by atoms with Crippen LogP contribution in [0.5, 0.6) is 0 Å². The summed E-state index contributed by atoms with van der Waals surface area (Å²) in [7, 11) is 0. The van der Waals surface area contributed by atoms with Crippen LogP contribution >= 0.6 is 0 Å². The van der Waals surface area contributed by atoms with Gasteiger partial charge in [-0.25, -0.2) is 0 Å². The second-order valence-electron chi connectivity index (χ2n) is 2.56. The fourth-order valence-corrected chi connectivity index (χ4v) is 1.14. The molecule has 1 fully saturated rings. The minimum atomic E-state index is -0.460. The maximum Gasteiger partial charge on any atom is 0.214 e. The Kier molecular flexibility index (Phi) is 1.99. The van der Waals surface area contributed by atoms with Crippen molar-refractivity contribution in [2.45, 2.75) is 31.7 Å². The van der Waals surface area contributed by atoms with Crippen LogP contribution in [0.1, 0.15) is 25.7 Å². The zero-order valence-corrected chi connectivity index (χ0v) is 5.58. The average molecular weight is 143 g/mol. The maximum atomic E-state index is 10.6. The van der Waals surface area contributed by atoms with E-state index in [1.807, 2.05) is 0 Å². The molecule has 0 bridgehead atoms. The lowest BCUT2D eigenvalue weighted by Gasteiger charge is -2.12. The zero-order chi connectivity index (χ0) is 7.56. The Labute approximate surface area is 58.4 Å². The Bertz CT molecular complexity index is 156. The van der Waals surface area contributed by atoms with E-state index in [1.54, 1.807) is 0 Å². The molecule has 0 aromatic carbocycles. The normalized spacial score (nSPS) is 21.0. The van der Waals surface area contributed by atoms with Gasteiger partial charge < -0.3 is 0 Å². The Morgan fingerprint density at radius 1 is 1.40 bits per heavy atom. The van der Waals surface area contributed by atoms with Crippen molar-refractivity contribution in [1.82, 2.24) is 0 Å². The van der Waals surface area contributed by atoms with Crippen LogP contribution in [0, 0.1) is 10.1 Å². The highest BCUT2D eigenvalue weighted by Gasteiger charge is 2.26. The standard InChI is InChI=1S/C6H9NO3/c8-6-3-1-5(2-4-6)7(9)10/h5H,1-4H2. The van der Waals surface area contributed by atoms with Gasteiger partial charge >= 0.3 is 0 Å². The third-order valence-electron chi connectivity index (χ3n) is 1.81. The van der Waals surface area contributed by atoms with E-state index in [1.165, 1.54) is 0 Å². The largest absolute Gasteiger partial charge is 0.300 e. The van der Waals surface area contributed by atoms with Gasteiger partial charge in [0.25, 0.3) is 0 Å². The molecule has 1 saturated carbocycles. The summed E-state index contributed by atoms with van der Waals surface area (Å²) >= 11 is 0. The van der Waals surface area contributed by atoms with Crippen LogP contribution in [0.15, 0.2) is 0 Å². The monoisotopic (exact) mass is 143 g/mol. The molecule has 0 spiro atoms. The van der Waals surface area contributed by atoms with Crippen molar-refractivity contribution < 1.29 is 9.72 Å². The summed E-state index contributed by atoms with van der Waals surface area (Å²) in [4.78, 5) is 20.5. The van der Waals surface area contributed by atoms with Crippen LogP contribution in [-0.4, -0.2) is 16.7 Å². The van der Waals surface area contributed by atoms with Crippen LogP contribution in [0.25, 0.3) is 0 Å². The summed E-state index contributed by atoms with van der Waals surface area (Å²) in [6, 6.07) is -0.460. The highest BCUT2D eigenvalue weighted by Crippen LogP contribution is 2.16. The topological polar surface area (TPSA) is 60.2 Å². The van der Waals surface area contributed by atoms with E-state index < -0.39 is 6.04 Å². The average Bonchev–Trinajstić information content (AvgIpc) is 1.88. The molecule has 4 heteroatoms. The summed E-state index contributed by atoms with van der Waals surface area (Å²) < 4.78 is 0. The Hall–Kier alpha value is -0.930. The number of carbonyl (C=O) groups excluding carboxylic acids is 1. The number of rotatable bonds is 1. The van der Waals surface area contributed by atoms with Crippen molar-refractivity contribution in [1.29, 1.82) is 0 Å². The van der Waals surface area contributed by atoms with Gasteiger partial charge in [-0.15, -0.1) is 0 Å². The Morgan fingerprint density at radius 3 is 2.30 bits per heavy atom. The lowest BCUT2D eigenvalue weighted by atomic mass is 9.95. The molecule has 56 valence electrons. The number of ketones is 1. The molecule has 1 rings (SSSR count). The number of Topliss-reactive ketones (excluding diaryl/α,β-unsaturated/α-hetero) is 1. The molecule has 1 aliphatic carbocycles. The van der Waals surface area contributed by atoms with E-state index in [0.717, 1.165) is 0 Å². The minimum absolute atomic E-state index is 0.165. The van der Waals surface area contributed by atoms with Gasteiger partial charge in [0.1, 0.15) is 5.78 Å². The van der Waals surface area contributed by atoms with E-state index in [2.05, 4.69) is 0 Å². The second kappa shape index (κ2) is 2.77. The Balaban J connectivity index is 2.40. The first-order chi connectivity index (χ1) is 4.70. The molecular weight excluding hydrogens is 134 g/mol. The molecule has 0 aromatic rings. The molecule has 4 nitrogen and oxygen atoms in total. The van der Waals surface area contributed by atoms with E-state index in [4.69, 9.17) is 0 Å². The molecule has 0 amide bonds. The molecule has 0 aliphatic heterocycles. The van der Waals surface area contributed by atoms with Gasteiger partial charge in [0.2, 0.25) is 6.04 Å². The lowest BCUT2D eigenvalue weighted by molar-refractivity contribution is -0.525. The van der Waals surface area contributed by atoms with Crippen LogP contribution in [-0.2, 0) is 4.79 Å². The van der Waals surface area contributed by atoms with Gasteiger partial charge in [-0.2, -0.15) is 0 Å². The summed E-state index contributed by atoms with van der Waals surface area (Å²) in [5.41, 5.74) is 0. The molecule has 0 radical (unpaired) electrons. The number of nitro groups is 1. The van der Waals surface area contributed by atoms with E-state index in [0.29, 0.717) is 25.7 Å². The van der Waals surface area contributed by atoms with Gasteiger partial charge in [-0.3, -0.25) is 14.9 Å². The van der Waals surface area contributed by atoms with Crippen molar-refractivity contribution >= 4 is 5.78 Å². The molecule has 0 heterocycles. The quantitative estimate of drug-likeness (QED) is 0.402. The SMILES string of the molecule is O=C1CCC([N+](=O)[O-])CC1. The van der Waals surface area contributed by atoms with E-state index in [-0.39, 0.29) is 10.7 Å². The van der Waals surface area contributed by atoms with Crippen LogP contribution in [0.4, 0.5) is 0 Å². The zero-order valence-electron chi connectivity index (χ0n) is 5.58. The van der Waals surface area contributed by atoms with E-state index in [9.17, 15) is 14.9 Å². The van der Waals surface area contributed by atoms with Gasteiger partial charge in [0.05, 0.1) is 0 Å². The van der Waals surface area contributed by atoms with Crippen molar-refractivity contribution in [3.05, 3.63) is 10.1 Å². The fourth-order valence-electron chi connectivity index (χ4n) is 1.14. The number of nitrogens with zero attached hydrogens (tertiary/aromatic N) is 1. The Morgan fingerprint density at radius 2 is 1.90 bits per heavy atom. The first-order valence-electron chi connectivity index (χ1n) is 3.35. The highest BCUT2D eigenvalue weighted by atomic mass is 16.6. The van der Waals surface area contributed by atoms with E-state index >= 15 is 0 Å². The third kappa shape index (κ3) is 1.52. The van der Waals surface area contributed by atoms with Crippen molar-refractivity contribution in [2.24, 2.45) is 0 Å². The second-order valence-corrected chi connectivity index (χ2v) is 2.56. The smallest absolute Gasteiger partial charge is 0.214 e. The van der Waals surface area contributed by atoms with Crippen molar-refractivity contribution in [2.75, 3.05) is 0 Å². The van der Waals surface area contributed by atoms with Crippen LogP contribution < -0.4 is 0 Å². The van der Waals surface area contributed by atoms with Crippen LogP contribution in [0.2, 0.25) is 0 Å². The van der Waals surface area contributed by atoms with Crippen LogP contribution in [0.3, 0.4) is 0 Å². The predicted octanol–water partition coefficient (Wildman–Crippen LogP) is 0.775. The highest BCUT2D eigenvalue weighted by molar-refractivity contribution is 5.79. The summed E-state index contributed by atoms with van der Waals surface area (Å²) in [5, 5.41) is 10.2. The summed E-state index contributed by atoms with van der Waals surface area (Å²) in [5.74, 6) is 0.165. The van der Waals surface area contributed by atoms with Crippen molar-refractivity contribution in [3.8, 4) is 0 Å². The molecule has 1 aliphatic rings. The number of hydrogen-bond donors (Lipinski definition) is 0. The third-order valence-corrected chi connectivity index (χ3v) is 1.81. The molecule has 0 saturated heterocycles. The molecule has 0 atom stereocenters. The van der Waals surface area contributed by atoms with Gasteiger partial charge in [0.15, 0.2) is 0 Å². The minimum Gasteiger partial charge on any atom is -0.300 e. The maximum absolute atomic E-state index is 10.6. The predicted molar refractivity (Wildman–Crippen MR) is 34.3 cm³/mol. The van der Waals surface area contributed by atoms with Gasteiger partial charge in [0, 0.05) is 30.6 Å². The van der Waals surface area contributed by atoms with Crippen molar-refractivity contribution in [3.63, 3.8) is 0 Å². The lowest BCUT2D eigenvalue weighted by Crippen LogP contribution is -2.25. The first-order valence-corrected chi connectivity index (χ1v) is 3.35. The molecule has 0 N–H and O–H groups in total. The molecular formula is C6H9NO3. The summed E-state index contributed by atoms with van der Waals surface area (Å²) in [6.45, 7) is 0. The molecule has 10 heavy (non-hydrogen) atoms. The van der Waals surface area contributed by atoms with Gasteiger partial charge in [-0.1, -0.05) is 0 Å². The van der Waals surface area contributed by atoms with Gasteiger partial charge in [-0.05, 0) is 0 Å². The number of carbonyl (C=O) groups is 1. The number of hydrogen-bond acceptors (Lipinski definition) is 3. The fraction of sp³-hybridized carbons (Fsp3) is 0.833. The summed E-state index contributed by atoms with van der Waals surface area (Å²) in [6.07, 6.45) is 1.66.